The molecule has 0 saturated carbocycles. The Labute approximate surface area is 106 Å². The minimum atomic E-state index is -0.297. The van der Waals surface area contributed by atoms with Crippen LogP contribution in [0.4, 0.5) is 11.5 Å². The first-order valence-corrected chi connectivity index (χ1v) is 5.92. The molecule has 0 aromatic carbocycles. The van der Waals surface area contributed by atoms with Gasteiger partial charge in [-0.25, -0.2) is 4.98 Å². The van der Waals surface area contributed by atoms with Gasteiger partial charge in [-0.2, -0.15) is 0 Å². The number of anilines is 2. The summed E-state index contributed by atoms with van der Waals surface area (Å²) >= 11 is 0. The van der Waals surface area contributed by atoms with Crippen LogP contribution in [0, 0.1) is 0 Å². The van der Waals surface area contributed by atoms with Crippen LogP contribution in [-0.2, 0) is 9.53 Å². The molecule has 0 radical (unpaired) electrons. The summed E-state index contributed by atoms with van der Waals surface area (Å²) in [5.41, 5.74) is 0.993. The molecular formula is C12H18N4O2. The largest absolute Gasteiger partial charge is 0.378 e. The van der Waals surface area contributed by atoms with Crippen molar-refractivity contribution in [3.8, 4) is 0 Å². The van der Waals surface area contributed by atoms with Crippen LogP contribution in [0.5, 0.6) is 0 Å². The number of carbonyl (C=O) groups excluding carboxylic acids is 1. The van der Waals surface area contributed by atoms with Gasteiger partial charge in [0.1, 0.15) is 11.9 Å². The van der Waals surface area contributed by atoms with Crippen molar-refractivity contribution in [1.82, 2.24) is 10.3 Å². The topological polar surface area (TPSA) is 66.5 Å². The maximum Gasteiger partial charge on any atom is 0.245 e. The molecule has 1 aliphatic rings. The summed E-state index contributed by atoms with van der Waals surface area (Å²) in [6.07, 6.45) is 1.72. The van der Waals surface area contributed by atoms with Gasteiger partial charge in [-0.3, -0.25) is 4.79 Å². The molecule has 2 N–H and O–H groups in total. The van der Waals surface area contributed by atoms with Gasteiger partial charge in [-0.15, -0.1) is 0 Å². The van der Waals surface area contributed by atoms with Crippen LogP contribution < -0.4 is 15.5 Å². The monoisotopic (exact) mass is 250 g/mol. The smallest absolute Gasteiger partial charge is 0.245 e. The highest BCUT2D eigenvalue weighted by atomic mass is 16.5. The molecule has 0 spiro atoms. The lowest BCUT2D eigenvalue weighted by Gasteiger charge is -2.22. The first-order valence-electron chi connectivity index (χ1n) is 5.92. The molecule has 18 heavy (non-hydrogen) atoms. The Balaban J connectivity index is 1.94. The minimum absolute atomic E-state index is 0.111. The molecule has 1 aromatic heterocycles. The van der Waals surface area contributed by atoms with Crippen molar-refractivity contribution in [2.75, 3.05) is 44.1 Å². The maximum atomic E-state index is 11.9. The van der Waals surface area contributed by atoms with Crippen LogP contribution >= 0.6 is 0 Å². The molecule has 1 fully saturated rings. The first-order chi connectivity index (χ1) is 8.66. The van der Waals surface area contributed by atoms with Crippen molar-refractivity contribution in [3.05, 3.63) is 18.3 Å². The molecule has 1 amide bonds. The second-order valence-corrected chi connectivity index (χ2v) is 4.37. The van der Waals surface area contributed by atoms with E-state index >= 15 is 0 Å². The summed E-state index contributed by atoms with van der Waals surface area (Å²) in [7, 11) is 3.89. The Bertz CT molecular complexity index is 399. The molecule has 0 bridgehead atoms. The van der Waals surface area contributed by atoms with Crippen LogP contribution in [0.3, 0.4) is 0 Å². The summed E-state index contributed by atoms with van der Waals surface area (Å²) in [5, 5.41) is 5.86. The van der Waals surface area contributed by atoms with Gasteiger partial charge in [0, 0.05) is 20.6 Å². The second kappa shape index (κ2) is 5.79. The van der Waals surface area contributed by atoms with Crippen molar-refractivity contribution >= 4 is 17.4 Å². The summed E-state index contributed by atoms with van der Waals surface area (Å²) in [6.45, 7) is 1.76. The number of hydrogen-bond donors (Lipinski definition) is 2. The van der Waals surface area contributed by atoms with Crippen LogP contribution in [0.2, 0.25) is 0 Å². The van der Waals surface area contributed by atoms with E-state index in [1.807, 2.05) is 25.1 Å². The molecule has 1 unspecified atom stereocenters. The maximum absolute atomic E-state index is 11.9. The molecule has 1 aromatic rings. The van der Waals surface area contributed by atoms with E-state index in [0.717, 1.165) is 5.69 Å². The lowest BCUT2D eigenvalue weighted by Crippen LogP contribution is -2.48. The third-order valence-corrected chi connectivity index (χ3v) is 2.75. The number of amides is 1. The van der Waals surface area contributed by atoms with Crippen LogP contribution in [0.1, 0.15) is 0 Å². The van der Waals surface area contributed by atoms with Gasteiger partial charge in [0.05, 0.1) is 25.1 Å². The normalized spacial score (nSPS) is 19.3. The number of carbonyl (C=O) groups is 1. The Kier molecular flexibility index (Phi) is 4.11. The lowest BCUT2D eigenvalue weighted by molar-refractivity contribution is -0.120. The van der Waals surface area contributed by atoms with Crippen molar-refractivity contribution in [1.29, 1.82) is 0 Å². The number of ether oxygens (including phenoxy) is 1. The van der Waals surface area contributed by atoms with Gasteiger partial charge in [0.15, 0.2) is 0 Å². The number of nitrogens with one attached hydrogen (secondary N) is 2. The predicted molar refractivity (Wildman–Crippen MR) is 69.8 cm³/mol. The van der Waals surface area contributed by atoms with E-state index < -0.39 is 0 Å². The van der Waals surface area contributed by atoms with E-state index in [1.165, 1.54) is 0 Å². The highest BCUT2D eigenvalue weighted by molar-refractivity contribution is 5.94. The van der Waals surface area contributed by atoms with E-state index in [-0.39, 0.29) is 11.9 Å². The predicted octanol–water partition coefficient (Wildman–Crippen LogP) is 0.0745. The molecule has 2 heterocycles. The standard InChI is InChI=1S/C12H18N4O2/c1-16(2)9-3-4-11(14-7-9)15-12(17)10-8-18-6-5-13-10/h3-4,7,10,13H,5-6,8H2,1-2H3,(H,14,15,17). The number of nitrogens with zero attached hydrogens (tertiary/aromatic N) is 2. The van der Waals surface area contributed by atoms with Gasteiger partial charge in [-0.05, 0) is 12.1 Å². The van der Waals surface area contributed by atoms with Gasteiger partial charge < -0.3 is 20.3 Å². The molecule has 1 atom stereocenters. The summed E-state index contributed by atoms with van der Waals surface area (Å²) in [5.74, 6) is 0.442. The van der Waals surface area contributed by atoms with E-state index in [4.69, 9.17) is 4.74 Å². The number of rotatable bonds is 3. The summed E-state index contributed by atoms with van der Waals surface area (Å²) < 4.78 is 5.24. The molecule has 1 aliphatic heterocycles. The fraction of sp³-hybridized carbons (Fsp3) is 0.500. The van der Waals surface area contributed by atoms with Crippen molar-refractivity contribution < 1.29 is 9.53 Å². The van der Waals surface area contributed by atoms with Crippen molar-refractivity contribution in [2.24, 2.45) is 0 Å². The molecule has 6 nitrogen and oxygen atoms in total. The average molecular weight is 250 g/mol. The van der Waals surface area contributed by atoms with Gasteiger partial charge >= 0.3 is 0 Å². The lowest BCUT2D eigenvalue weighted by atomic mass is 10.2. The van der Waals surface area contributed by atoms with Gasteiger partial charge in [0.2, 0.25) is 5.91 Å². The Morgan fingerprint density at radius 2 is 2.39 bits per heavy atom. The third-order valence-electron chi connectivity index (χ3n) is 2.75. The number of morpholine rings is 1. The zero-order chi connectivity index (χ0) is 13.0. The van der Waals surface area contributed by atoms with Crippen LogP contribution in [0.15, 0.2) is 18.3 Å². The zero-order valence-corrected chi connectivity index (χ0v) is 10.6. The molecule has 98 valence electrons. The third kappa shape index (κ3) is 3.18. The van der Waals surface area contributed by atoms with Crippen LogP contribution in [-0.4, -0.2) is 50.8 Å². The SMILES string of the molecule is CN(C)c1ccc(NC(=O)C2COCCN2)nc1. The molecular weight excluding hydrogens is 232 g/mol. The van der Waals surface area contributed by atoms with Crippen molar-refractivity contribution in [2.45, 2.75) is 6.04 Å². The fourth-order valence-electron chi connectivity index (χ4n) is 1.67. The summed E-state index contributed by atoms with van der Waals surface area (Å²) in [4.78, 5) is 18.0. The van der Waals surface area contributed by atoms with E-state index in [2.05, 4.69) is 15.6 Å². The quantitative estimate of drug-likeness (QED) is 0.795. The Morgan fingerprint density at radius 1 is 1.56 bits per heavy atom. The number of aromatic nitrogens is 1. The van der Waals surface area contributed by atoms with Crippen LogP contribution in [0.25, 0.3) is 0 Å². The van der Waals surface area contributed by atoms with E-state index in [1.54, 1.807) is 12.3 Å². The average Bonchev–Trinajstić information content (AvgIpc) is 2.40. The van der Waals surface area contributed by atoms with E-state index in [0.29, 0.717) is 25.6 Å². The highest BCUT2D eigenvalue weighted by Gasteiger charge is 2.21. The Morgan fingerprint density at radius 3 is 2.94 bits per heavy atom. The fourth-order valence-corrected chi connectivity index (χ4v) is 1.67. The second-order valence-electron chi connectivity index (χ2n) is 4.37. The first kappa shape index (κ1) is 12.8. The van der Waals surface area contributed by atoms with Crippen molar-refractivity contribution in [3.63, 3.8) is 0 Å². The minimum Gasteiger partial charge on any atom is -0.378 e. The number of pyridine rings is 1. The molecule has 0 aliphatic carbocycles. The van der Waals surface area contributed by atoms with Gasteiger partial charge in [0.25, 0.3) is 0 Å². The highest BCUT2D eigenvalue weighted by Crippen LogP contribution is 2.12. The molecule has 6 heteroatoms. The summed E-state index contributed by atoms with van der Waals surface area (Å²) in [6, 6.07) is 3.40. The van der Waals surface area contributed by atoms with E-state index in [9.17, 15) is 4.79 Å². The zero-order valence-electron chi connectivity index (χ0n) is 10.6. The number of hydrogen-bond acceptors (Lipinski definition) is 5. The molecule has 1 saturated heterocycles. The molecule has 2 rings (SSSR count). The van der Waals surface area contributed by atoms with Gasteiger partial charge in [-0.1, -0.05) is 0 Å². The Hall–Kier alpha value is -1.66.